The third kappa shape index (κ3) is 5.51. The Hall–Kier alpha value is -1.95. The zero-order valence-electron chi connectivity index (χ0n) is 11.8. The average Bonchev–Trinajstić information content (AvgIpc) is 2.97. The summed E-state index contributed by atoms with van der Waals surface area (Å²) in [4.78, 5) is 0. The number of aryl methyl sites for hydroxylation is 1. The standard InChI is InChI=1S/C15H18F2N2O2/c1-11(18-10-13-8-9-20-19-13)2-3-12-4-6-14(7-5-12)21-15(16)17/h4-9,11,15,18H,2-3,10H2,1H3. The van der Waals surface area contributed by atoms with E-state index in [2.05, 4.69) is 22.1 Å². The maximum absolute atomic E-state index is 12.0. The van der Waals surface area contributed by atoms with E-state index in [-0.39, 0.29) is 5.75 Å². The van der Waals surface area contributed by atoms with Crippen LogP contribution in [0.2, 0.25) is 0 Å². The number of alkyl halides is 2. The average molecular weight is 296 g/mol. The third-order valence-corrected chi connectivity index (χ3v) is 3.14. The fraction of sp³-hybridized carbons (Fsp3) is 0.400. The lowest BCUT2D eigenvalue weighted by Gasteiger charge is -2.13. The van der Waals surface area contributed by atoms with Gasteiger partial charge in [0.25, 0.3) is 0 Å². The van der Waals surface area contributed by atoms with Gasteiger partial charge in [0.15, 0.2) is 0 Å². The number of hydrogen-bond donors (Lipinski definition) is 1. The van der Waals surface area contributed by atoms with Crippen molar-refractivity contribution in [2.45, 2.75) is 39.0 Å². The van der Waals surface area contributed by atoms with Gasteiger partial charge in [-0.2, -0.15) is 8.78 Å². The molecule has 114 valence electrons. The summed E-state index contributed by atoms with van der Waals surface area (Å²) < 4.78 is 33.1. The van der Waals surface area contributed by atoms with Crippen LogP contribution >= 0.6 is 0 Å². The Balaban J connectivity index is 1.71. The van der Waals surface area contributed by atoms with Gasteiger partial charge in [0.2, 0.25) is 0 Å². The molecule has 1 aromatic carbocycles. The topological polar surface area (TPSA) is 47.3 Å². The maximum atomic E-state index is 12.0. The molecule has 0 aliphatic carbocycles. The first-order valence-corrected chi connectivity index (χ1v) is 6.80. The van der Waals surface area contributed by atoms with Gasteiger partial charge in [-0.1, -0.05) is 17.3 Å². The molecule has 0 aliphatic heterocycles. The molecule has 1 N–H and O–H groups in total. The Morgan fingerprint density at radius 2 is 2.00 bits per heavy atom. The quantitative estimate of drug-likeness (QED) is 0.811. The van der Waals surface area contributed by atoms with E-state index in [9.17, 15) is 8.78 Å². The molecular formula is C15H18F2N2O2. The normalized spacial score (nSPS) is 12.6. The molecule has 1 aromatic heterocycles. The lowest BCUT2D eigenvalue weighted by Crippen LogP contribution is -2.26. The molecule has 0 amide bonds. The van der Waals surface area contributed by atoms with Crippen LogP contribution in [0.4, 0.5) is 8.78 Å². The van der Waals surface area contributed by atoms with Crippen molar-refractivity contribution < 1.29 is 18.0 Å². The summed E-state index contributed by atoms with van der Waals surface area (Å²) in [5, 5.41) is 7.17. The van der Waals surface area contributed by atoms with Crippen molar-refractivity contribution in [3.8, 4) is 5.75 Å². The van der Waals surface area contributed by atoms with Crippen LogP contribution in [0.25, 0.3) is 0 Å². The zero-order valence-corrected chi connectivity index (χ0v) is 11.8. The molecule has 2 rings (SSSR count). The molecule has 0 radical (unpaired) electrons. The minimum atomic E-state index is -2.78. The summed E-state index contributed by atoms with van der Waals surface area (Å²) in [7, 11) is 0. The van der Waals surface area contributed by atoms with E-state index < -0.39 is 6.61 Å². The second-order valence-electron chi connectivity index (χ2n) is 4.83. The van der Waals surface area contributed by atoms with Gasteiger partial charge in [-0.05, 0) is 37.5 Å². The molecule has 6 heteroatoms. The van der Waals surface area contributed by atoms with Crippen LogP contribution < -0.4 is 10.1 Å². The molecule has 1 atom stereocenters. The number of nitrogens with zero attached hydrogens (tertiary/aromatic N) is 1. The van der Waals surface area contributed by atoms with Gasteiger partial charge in [0.05, 0.1) is 5.69 Å². The minimum absolute atomic E-state index is 0.186. The van der Waals surface area contributed by atoms with Crippen LogP contribution in [0.3, 0.4) is 0 Å². The van der Waals surface area contributed by atoms with E-state index in [0.29, 0.717) is 12.6 Å². The van der Waals surface area contributed by atoms with Crippen LogP contribution in [0.15, 0.2) is 41.1 Å². The zero-order chi connectivity index (χ0) is 15.1. The second kappa shape index (κ2) is 7.73. The Morgan fingerprint density at radius 1 is 1.24 bits per heavy atom. The predicted octanol–water partition coefficient (Wildman–Crippen LogP) is 3.39. The van der Waals surface area contributed by atoms with E-state index >= 15 is 0 Å². The Kier molecular flexibility index (Phi) is 5.68. The molecule has 1 unspecified atom stereocenters. The number of nitrogens with one attached hydrogen (secondary N) is 1. The number of rotatable bonds is 8. The number of benzene rings is 1. The van der Waals surface area contributed by atoms with Crippen molar-refractivity contribution in [2.24, 2.45) is 0 Å². The highest BCUT2D eigenvalue weighted by atomic mass is 19.3. The van der Waals surface area contributed by atoms with Gasteiger partial charge < -0.3 is 14.6 Å². The van der Waals surface area contributed by atoms with Crippen molar-refractivity contribution in [1.29, 1.82) is 0 Å². The van der Waals surface area contributed by atoms with Crippen molar-refractivity contribution in [2.75, 3.05) is 0 Å². The molecule has 0 fully saturated rings. The Bertz CT molecular complexity index is 515. The van der Waals surface area contributed by atoms with Gasteiger partial charge in [-0.15, -0.1) is 0 Å². The Labute approximate surface area is 122 Å². The summed E-state index contributed by atoms with van der Waals surface area (Å²) in [6, 6.07) is 8.88. The number of hydrogen-bond acceptors (Lipinski definition) is 4. The van der Waals surface area contributed by atoms with Gasteiger partial charge in [-0.25, -0.2) is 0 Å². The van der Waals surface area contributed by atoms with Gasteiger partial charge >= 0.3 is 6.61 Å². The van der Waals surface area contributed by atoms with Crippen molar-refractivity contribution in [1.82, 2.24) is 10.5 Å². The molecule has 0 saturated carbocycles. The van der Waals surface area contributed by atoms with Crippen LogP contribution in [0, 0.1) is 0 Å². The Morgan fingerprint density at radius 3 is 2.62 bits per heavy atom. The fourth-order valence-electron chi connectivity index (χ4n) is 1.93. The lowest BCUT2D eigenvalue weighted by atomic mass is 10.1. The monoisotopic (exact) mass is 296 g/mol. The third-order valence-electron chi connectivity index (χ3n) is 3.14. The highest BCUT2D eigenvalue weighted by Crippen LogP contribution is 2.16. The molecule has 0 spiro atoms. The molecule has 4 nitrogen and oxygen atoms in total. The molecular weight excluding hydrogens is 278 g/mol. The van der Waals surface area contributed by atoms with Gasteiger partial charge in [0.1, 0.15) is 12.0 Å². The summed E-state index contributed by atoms with van der Waals surface area (Å²) in [5.74, 6) is 0.186. The van der Waals surface area contributed by atoms with Crippen LogP contribution in [0.1, 0.15) is 24.6 Å². The van der Waals surface area contributed by atoms with Crippen molar-refractivity contribution in [3.05, 3.63) is 47.9 Å². The molecule has 21 heavy (non-hydrogen) atoms. The van der Waals surface area contributed by atoms with Gasteiger partial charge in [-0.3, -0.25) is 0 Å². The van der Waals surface area contributed by atoms with Crippen LogP contribution in [-0.2, 0) is 13.0 Å². The summed E-state index contributed by atoms with van der Waals surface area (Å²) >= 11 is 0. The minimum Gasteiger partial charge on any atom is -0.435 e. The summed E-state index contributed by atoms with van der Waals surface area (Å²) in [5.41, 5.74) is 1.96. The number of ether oxygens (including phenoxy) is 1. The molecule has 2 aromatic rings. The first-order valence-electron chi connectivity index (χ1n) is 6.80. The highest BCUT2D eigenvalue weighted by molar-refractivity contribution is 5.27. The molecule has 0 aliphatic rings. The van der Waals surface area contributed by atoms with E-state index in [1.54, 1.807) is 18.4 Å². The van der Waals surface area contributed by atoms with Crippen molar-refractivity contribution >= 4 is 0 Å². The smallest absolute Gasteiger partial charge is 0.387 e. The molecule has 1 heterocycles. The lowest BCUT2D eigenvalue weighted by molar-refractivity contribution is -0.0498. The maximum Gasteiger partial charge on any atom is 0.387 e. The van der Waals surface area contributed by atoms with Gasteiger partial charge in [0, 0.05) is 18.7 Å². The first kappa shape index (κ1) is 15.4. The van der Waals surface area contributed by atoms with E-state index in [4.69, 9.17) is 4.52 Å². The van der Waals surface area contributed by atoms with Crippen LogP contribution in [-0.4, -0.2) is 17.8 Å². The summed E-state index contributed by atoms with van der Waals surface area (Å²) in [6.07, 6.45) is 3.35. The predicted molar refractivity (Wildman–Crippen MR) is 74.2 cm³/mol. The van der Waals surface area contributed by atoms with E-state index in [0.717, 1.165) is 24.1 Å². The number of aromatic nitrogens is 1. The number of halogens is 2. The largest absolute Gasteiger partial charge is 0.435 e. The molecule has 0 saturated heterocycles. The summed E-state index contributed by atoms with van der Waals surface area (Å²) in [6.45, 7) is -0.0238. The SMILES string of the molecule is CC(CCc1ccc(OC(F)F)cc1)NCc1ccon1. The highest BCUT2D eigenvalue weighted by Gasteiger charge is 2.06. The van der Waals surface area contributed by atoms with E-state index in [1.165, 1.54) is 0 Å². The first-order chi connectivity index (χ1) is 10.1. The fourth-order valence-corrected chi connectivity index (χ4v) is 1.93. The van der Waals surface area contributed by atoms with Crippen molar-refractivity contribution in [3.63, 3.8) is 0 Å². The van der Waals surface area contributed by atoms with Crippen LogP contribution in [0.5, 0.6) is 5.75 Å². The molecule has 0 bridgehead atoms. The van der Waals surface area contributed by atoms with E-state index in [1.807, 2.05) is 18.2 Å². The second-order valence-corrected chi connectivity index (χ2v) is 4.83.